The molecule has 0 heterocycles. The van der Waals surface area contributed by atoms with E-state index in [9.17, 15) is 0 Å². The molecule has 0 amide bonds. The molecule has 1 nitrogen and oxygen atoms in total. The smallest absolute Gasteiger partial charge is 0.0400 e. The molecule has 0 aromatic heterocycles. The van der Waals surface area contributed by atoms with Crippen LogP contribution in [0.1, 0.15) is 0 Å². The minimum Gasteiger partial charge on any atom is -0.398 e. The summed E-state index contributed by atoms with van der Waals surface area (Å²) in [6.07, 6.45) is 0. The lowest BCUT2D eigenvalue weighted by Crippen LogP contribution is -1.84. The Bertz CT molecular complexity index is 374. The van der Waals surface area contributed by atoms with Crippen molar-refractivity contribution in [3.63, 3.8) is 0 Å². The fraction of sp³-hybridized carbons (Fsp3) is 0. The van der Waals surface area contributed by atoms with Crippen LogP contribution in [0.15, 0.2) is 30.3 Å². The second-order valence-electron chi connectivity index (χ2n) is 2.41. The summed E-state index contributed by atoms with van der Waals surface area (Å²) in [5.41, 5.74) is 6.52. The molecular formula is C10H7N. The lowest BCUT2D eigenvalue weighted by molar-refractivity contribution is 1.75. The number of rotatable bonds is 0. The van der Waals surface area contributed by atoms with Crippen LogP contribution in [0.3, 0.4) is 0 Å². The van der Waals surface area contributed by atoms with E-state index in [1.807, 2.05) is 30.3 Å². The van der Waals surface area contributed by atoms with Gasteiger partial charge in [0.15, 0.2) is 0 Å². The van der Waals surface area contributed by atoms with Crippen molar-refractivity contribution in [3.05, 3.63) is 42.5 Å². The predicted octanol–water partition coefficient (Wildman–Crippen LogP) is 2.02. The van der Waals surface area contributed by atoms with E-state index in [0.29, 0.717) is 0 Å². The number of nitrogen functional groups attached to an aromatic ring is 1. The third-order valence-corrected chi connectivity index (χ3v) is 1.68. The molecule has 0 saturated heterocycles. The molecule has 0 radical (unpaired) electrons. The van der Waals surface area contributed by atoms with Crippen LogP contribution in [0, 0.1) is 12.1 Å². The van der Waals surface area contributed by atoms with E-state index in [1.54, 1.807) is 0 Å². The quantitative estimate of drug-likeness (QED) is 0.558. The number of benzene rings is 1. The number of hydrogen-bond donors (Lipinski definition) is 1. The van der Waals surface area contributed by atoms with Gasteiger partial charge in [-0.25, -0.2) is 0 Å². The van der Waals surface area contributed by atoms with Gasteiger partial charge in [-0.2, -0.15) is 0 Å². The number of anilines is 1. The Morgan fingerprint density at radius 3 is 2.91 bits per heavy atom. The highest BCUT2D eigenvalue weighted by Gasteiger charge is 1.92. The van der Waals surface area contributed by atoms with Gasteiger partial charge in [-0.1, -0.05) is 18.2 Å². The minimum absolute atomic E-state index is 0.799. The van der Waals surface area contributed by atoms with E-state index < -0.39 is 0 Å². The van der Waals surface area contributed by atoms with Crippen LogP contribution in [0.25, 0.3) is 10.8 Å². The SMILES string of the molecule is Nc1cccc2c#cccc12. The maximum absolute atomic E-state index is 5.72. The van der Waals surface area contributed by atoms with Gasteiger partial charge in [0.2, 0.25) is 0 Å². The Kier molecular flexibility index (Phi) is 1.20. The summed E-state index contributed by atoms with van der Waals surface area (Å²) in [5, 5.41) is 2.07. The minimum atomic E-state index is 0.799. The lowest BCUT2D eigenvalue weighted by atomic mass is 10.1. The summed E-state index contributed by atoms with van der Waals surface area (Å²) < 4.78 is 0. The molecule has 0 atom stereocenters. The van der Waals surface area contributed by atoms with Crippen LogP contribution < -0.4 is 5.73 Å². The third kappa shape index (κ3) is 0.890. The van der Waals surface area contributed by atoms with Gasteiger partial charge in [-0.3, -0.25) is 0 Å². The second-order valence-corrected chi connectivity index (χ2v) is 2.41. The second kappa shape index (κ2) is 2.17. The number of nitrogens with two attached hydrogens (primary N) is 1. The first-order valence-electron chi connectivity index (χ1n) is 3.44. The standard InChI is InChI=1S/C10H7N/c11-10-7-3-5-8-4-1-2-6-9(8)10/h2-3,5-7H,11H2. The van der Waals surface area contributed by atoms with Crippen LogP contribution in [-0.2, 0) is 0 Å². The van der Waals surface area contributed by atoms with Crippen LogP contribution >= 0.6 is 0 Å². The van der Waals surface area contributed by atoms with E-state index in [1.165, 1.54) is 0 Å². The molecule has 2 rings (SSSR count). The summed E-state index contributed by atoms with van der Waals surface area (Å²) in [6.45, 7) is 0. The number of hydrogen-bond acceptors (Lipinski definition) is 1. The molecule has 2 aromatic rings. The Morgan fingerprint density at radius 2 is 2.09 bits per heavy atom. The first-order chi connectivity index (χ1) is 5.38. The van der Waals surface area contributed by atoms with Gasteiger partial charge in [0.05, 0.1) is 0 Å². The Balaban J connectivity index is 2.91. The molecule has 2 N–H and O–H groups in total. The zero-order valence-corrected chi connectivity index (χ0v) is 5.96. The van der Waals surface area contributed by atoms with Gasteiger partial charge in [0, 0.05) is 16.5 Å². The number of fused-ring (bicyclic) bond motifs is 1. The summed E-state index contributed by atoms with van der Waals surface area (Å²) >= 11 is 0. The van der Waals surface area contributed by atoms with E-state index in [-0.39, 0.29) is 0 Å². The molecule has 0 unspecified atom stereocenters. The van der Waals surface area contributed by atoms with Crippen LogP contribution in [0.4, 0.5) is 5.69 Å². The predicted molar refractivity (Wildman–Crippen MR) is 46.0 cm³/mol. The molecule has 0 spiro atoms. The zero-order valence-electron chi connectivity index (χ0n) is 5.96. The molecule has 0 saturated carbocycles. The topological polar surface area (TPSA) is 26.0 Å². The first kappa shape index (κ1) is 6.06. The fourth-order valence-corrected chi connectivity index (χ4v) is 1.12. The Labute approximate surface area is 65.5 Å². The third-order valence-electron chi connectivity index (χ3n) is 1.68. The van der Waals surface area contributed by atoms with Gasteiger partial charge in [-0.15, -0.1) is 0 Å². The van der Waals surface area contributed by atoms with E-state index in [4.69, 9.17) is 5.73 Å². The average Bonchev–Trinajstić information content (AvgIpc) is 2.06. The van der Waals surface area contributed by atoms with Gasteiger partial charge >= 0.3 is 0 Å². The van der Waals surface area contributed by atoms with Gasteiger partial charge in [0.1, 0.15) is 0 Å². The monoisotopic (exact) mass is 141 g/mol. The van der Waals surface area contributed by atoms with E-state index in [0.717, 1.165) is 16.5 Å². The summed E-state index contributed by atoms with van der Waals surface area (Å²) in [7, 11) is 0. The summed E-state index contributed by atoms with van der Waals surface area (Å²) in [4.78, 5) is 0. The molecule has 0 aliphatic heterocycles. The molecule has 0 bridgehead atoms. The molecular weight excluding hydrogens is 134 g/mol. The van der Waals surface area contributed by atoms with Crippen molar-refractivity contribution in [1.29, 1.82) is 0 Å². The average molecular weight is 141 g/mol. The van der Waals surface area contributed by atoms with E-state index >= 15 is 0 Å². The first-order valence-corrected chi connectivity index (χ1v) is 3.44. The van der Waals surface area contributed by atoms with Crippen LogP contribution in [0.5, 0.6) is 0 Å². The van der Waals surface area contributed by atoms with Crippen molar-refractivity contribution < 1.29 is 0 Å². The van der Waals surface area contributed by atoms with Crippen molar-refractivity contribution in [2.45, 2.75) is 0 Å². The largest absolute Gasteiger partial charge is 0.398 e. The zero-order chi connectivity index (χ0) is 7.68. The maximum atomic E-state index is 5.72. The molecule has 0 fully saturated rings. The molecule has 1 heteroatoms. The van der Waals surface area contributed by atoms with Crippen molar-refractivity contribution in [2.24, 2.45) is 0 Å². The highest BCUT2D eigenvalue weighted by Crippen LogP contribution is 2.17. The van der Waals surface area contributed by atoms with Crippen molar-refractivity contribution in [1.82, 2.24) is 0 Å². The molecule has 11 heavy (non-hydrogen) atoms. The molecule has 0 aliphatic carbocycles. The molecule has 0 aliphatic rings. The van der Waals surface area contributed by atoms with E-state index in [2.05, 4.69) is 12.1 Å². The Hall–Kier alpha value is -1.68. The van der Waals surface area contributed by atoms with Crippen molar-refractivity contribution >= 4 is 16.5 Å². The van der Waals surface area contributed by atoms with Gasteiger partial charge in [-0.05, 0) is 24.3 Å². The fourth-order valence-electron chi connectivity index (χ4n) is 1.12. The normalized spacial score (nSPS) is 9.45. The van der Waals surface area contributed by atoms with Crippen molar-refractivity contribution in [2.75, 3.05) is 5.73 Å². The Morgan fingerprint density at radius 1 is 1.18 bits per heavy atom. The molecule has 2 aromatic carbocycles. The van der Waals surface area contributed by atoms with Gasteiger partial charge < -0.3 is 5.73 Å². The summed E-state index contributed by atoms with van der Waals surface area (Å²) in [6, 6.07) is 15.4. The van der Waals surface area contributed by atoms with Gasteiger partial charge in [0.25, 0.3) is 0 Å². The lowest BCUT2D eigenvalue weighted by Gasteiger charge is -1.95. The highest BCUT2D eigenvalue weighted by atomic mass is 14.5. The highest BCUT2D eigenvalue weighted by molar-refractivity contribution is 5.91. The summed E-state index contributed by atoms with van der Waals surface area (Å²) in [5.74, 6) is 0. The van der Waals surface area contributed by atoms with Crippen molar-refractivity contribution in [3.8, 4) is 0 Å². The van der Waals surface area contributed by atoms with Crippen LogP contribution in [0.2, 0.25) is 0 Å². The maximum Gasteiger partial charge on any atom is 0.0400 e. The molecule has 52 valence electrons. The van der Waals surface area contributed by atoms with Crippen LogP contribution in [-0.4, -0.2) is 0 Å².